The molecule has 0 saturated carbocycles. The van der Waals surface area contributed by atoms with E-state index in [2.05, 4.69) is 5.32 Å². The molecule has 0 radical (unpaired) electrons. The molecule has 0 saturated heterocycles. The van der Waals surface area contributed by atoms with Crippen LogP contribution in [0.2, 0.25) is 0 Å². The minimum absolute atomic E-state index is 0.191. The maximum Gasteiger partial charge on any atom is 0.213 e. The van der Waals surface area contributed by atoms with Gasteiger partial charge in [0.2, 0.25) is 10.0 Å². The molecule has 15 heavy (non-hydrogen) atoms. The summed E-state index contributed by atoms with van der Waals surface area (Å²) in [5.74, 6) is 0.191. The van der Waals surface area contributed by atoms with E-state index in [-0.39, 0.29) is 5.75 Å². The van der Waals surface area contributed by atoms with Crippen LogP contribution in [0.5, 0.6) is 0 Å². The molecular formula is C9H22N2O3S. The predicted molar refractivity (Wildman–Crippen MR) is 61.5 cm³/mol. The summed E-state index contributed by atoms with van der Waals surface area (Å²) in [4.78, 5) is 0. The van der Waals surface area contributed by atoms with Crippen LogP contribution in [0.15, 0.2) is 0 Å². The van der Waals surface area contributed by atoms with Gasteiger partial charge in [0, 0.05) is 20.2 Å². The van der Waals surface area contributed by atoms with Crippen molar-refractivity contribution in [2.24, 2.45) is 0 Å². The summed E-state index contributed by atoms with van der Waals surface area (Å²) in [6, 6.07) is 0. The maximum absolute atomic E-state index is 11.6. The van der Waals surface area contributed by atoms with Crippen LogP contribution in [0, 0.1) is 0 Å². The van der Waals surface area contributed by atoms with Crippen LogP contribution in [0.25, 0.3) is 0 Å². The molecule has 92 valence electrons. The molecule has 0 aliphatic rings. The van der Waals surface area contributed by atoms with Crippen LogP contribution in [-0.2, 0) is 14.8 Å². The average molecular weight is 238 g/mol. The largest absolute Gasteiger partial charge is 0.380 e. The molecule has 0 heterocycles. The second kappa shape index (κ2) is 8.04. The number of nitrogens with one attached hydrogen (secondary N) is 1. The van der Waals surface area contributed by atoms with E-state index >= 15 is 0 Å². The number of ether oxygens (including phenoxy) is 1. The van der Waals surface area contributed by atoms with Gasteiger partial charge in [0.15, 0.2) is 0 Å². The molecule has 0 aromatic rings. The fraction of sp³-hybridized carbons (Fsp3) is 1.00. The first-order valence-electron chi connectivity index (χ1n) is 5.21. The molecular weight excluding hydrogens is 216 g/mol. The zero-order valence-corrected chi connectivity index (χ0v) is 10.6. The molecule has 0 aliphatic carbocycles. The highest BCUT2D eigenvalue weighted by Gasteiger charge is 2.16. The number of likely N-dealkylation sites (N-methyl/N-ethyl adjacent to an activating group) is 1. The van der Waals surface area contributed by atoms with Crippen molar-refractivity contribution in [3.63, 3.8) is 0 Å². The Morgan fingerprint density at radius 1 is 1.40 bits per heavy atom. The van der Waals surface area contributed by atoms with E-state index in [0.29, 0.717) is 26.2 Å². The fourth-order valence-corrected chi connectivity index (χ4v) is 2.24. The highest BCUT2D eigenvalue weighted by Crippen LogP contribution is 1.99. The minimum atomic E-state index is -3.10. The van der Waals surface area contributed by atoms with Crippen molar-refractivity contribution in [1.82, 2.24) is 9.62 Å². The van der Waals surface area contributed by atoms with Crippen molar-refractivity contribution >= 4 is 10.0 Å². The Bertz CT molecular complexity index is 242. The molecule has 0 aromatic carbocycles. The van der Waals surface area contributed by atoms with Crippen molar-refractivity contribution in [2.75, 3.05) is 46.2 Å². The zero-order valence-electron chi connectivity index (χ0n) is 9.82. The molecule has 6 heteroatoms. The normalized spacial score (nSPS) is 12.3. The van der Waals surface area contributed by atoms with Crippen molar-refractivity contribution in [1.29, 1.82) is 0 Å². The van der Waals surface area contributed by atoms with Gasteiger partial charge in [-0.1, -0.05) is 0 Å². The molecule has 5 nitrogen and oxygen atoms in total. The third-order valence-corrected chi connectivity index (χ3v) is 4.00. The Morgan fingerprint density at radius 3 is 2.60 bits per heavy atom. The first-order chi connectivity index (χ1) is 7.04. The summed E-state index contributed by atoms with van der Waals surface area (Å²) < 4.78 is 29.8. The van der Waals surface area contributed by atoms with Gasteiger partial charge >= 0.3 is 0 Å². The van der Waals surface area contributed by atoms with E-state index < -0.39 is 10.0 Å². The van der Waals surface area contributed by atoms with Crippen LogP contribution in [0.1, 0.15) is 13.3 Å². The topological polar surface area (TPSA) is 58.6 Å². The van der Waals surface area contributed by atoms with Gasteiger partial charge in [-0.05, 0) is 26.9 Å². The van der Waals surface area contributed by atoms with E-state index in [1.165, 1.54) is 4.31 Å². The molecule has 0 spiro atoms. The quantitative estimate of drug-likeness (QED) is 0.570. The standard InChI is InChI=1S/C9H22N2O3S/c1-4-14-8-7-11(3)15(12,13)9-5-6-10-2/h10H,4-9H2,1-3H3. The van der Waals surface area contributed by atoms with Gasteiger partial charge in [0.05, 0.1) is 12.4 Å². The summed E-state index contributed by atoms with van der Waals surface area (Å²) in [7, 11) is 0.302. The summed E-state index contributed by atoms with van der Waals surface area (Å²) in [5, 5.41) is 2.92. The number of hydrogen-bond acceptors (Lipinski definition) is 4. The lowest BCUT2D eigenvalue weighted by atomic mass is 10.5. The summed E-state index contributed by atoms with van der Waals surface area (Å²) in [6.07, 6.45) is 0.637. The highest BCUT2D eigenvalue weighted by atomic mass is 32.2. The van der Waals surface area contributed by atoms with Gasteiger partial charge in [-0.2, -0.15) is 0 Å². The summed E-state index contributed by atoms with van der Waals surface area (Å²) in [5.41, 5.74) is 0. The second-order valence-electron chi connectivity index (χ2n) is 3.29. The summed E-state index contributed by atoms with van der Waals surface area (Å²) in [6.45, 7) is 4.11. The van der Waals surface area contributed by atoms with E-state index in [1.54, 1.807) is 7.05 Å². The Labute approximate surface area is 92.8 Å². The number of nitrogens with zero attached hydrogens (tertiary/aromatic N) is 1. The average Bonchev–Trinajstić information content (AvgIpc) is 2.18. The third kappa shape index (κ3) is 6.83. The SMILES string of the molecule is CCOCCN(C)S(=O)(=O)CCCNC. The molecule has 0 bridgehead atoms. The smallest absolute Gasteiger partial charge is 0.213 e. The fourth-order valence-electron chi connectivity index (χ4n) is 1.06. The monoisotopic (exact) mass is 238 g/mol. The molecule has 1 N–H and O–H groups in total. The lowest BCUT2D eigenvalue weighted by Gasteiger charge is -2.16. The van der Waals surface area contributed by atoms with Crippen LogP contribution in [0.4, 0.5) is 0 Å². The molecule has 0 atom stereocenters. The van der Waals surface area contributed by atoms with Crippen molar-refractivity contribution in [3.05, 3.63) is 0 Å². The molecule has 0 fully saturated rings. The van der Waals surface area contributed by atoms with Gasteiger partial charge in [-0.15, -0.1) is 0 Å². The van der Waals surface area contributed by atoms with E-state index in [9.17, 15) is 8.42 Å². The Kier molecular flexibility index (Phi) is 7.95. The highest BCUT2D eigenvalue weighted by molar-refractivity contribution is 7.89. The van der Waals surface area contributed by atoms with Crippen molar-refractivity contribution in [2.45, 2.75) is 13.3 Å². The maximum atomic E-state index is 11.6. The van der Waals surface area contributed by atoms with Gasteiger partial charge in [0.1, 0.15) is 0 Å². The zero-order chi connectivity index (χ0) is 11.7. The molecule has 0 aliphatic heterocycles. The second-order valence-corrected chi connectivity index (χ2v) is 5.49. The molecule has 0 unspecified atom stereocenters. The van der Waals surface area contributed by atoms with Crippen molar-refractivity contribution in [3.8, 4) is 0 Å². The molecule has 0 rings (SSSR count). The molecule has 0 aromatic heterocycles. The van der Waals surface area contributed by atoms with E-state index in [0.717, 1.165) is 6.54 Å². The molecule has 0 amide bonds. The van der Waals surface area contributed by atoms with Gasteiger partial charge in [-0.25, -0.2) is 12.7 Å². The van der Waals surface area contributed by atoms with Gasteiger partial charge in [0.25, 0.3) is 0 Å². The van der Waals surface area contributed by atoms with E-state index in [4.69, 9.17) is 4.74 Å². The lowest BCUT2D eigenvalue weighted by Crippen LogP contribution is -2.33. The van der Waals surface area contributed by atoms with Crippen LogP contribution in [-0.4, -0.2) is 58.9 Å². The third-order valence-electron chi connectivity index (χ3n) is 2.06. The van der Waals surface area contributed by atoms with Crippen LogP contribution < -0.4 is 5.32 Å². The van der Waals surface area contributed by atoms with Crippen molar-refractivity contribution < 1.29 is 13.2 Å². The summed E-state index contributed by atoms with van der Waals surface area (Å²) >= 11 is 0. The number of rotatable bonds is 9. The number of sulfonamides is 1. The first-order valence-corrected chi connectivity index (χ1v) is 6.82. The van der Waals surface area contributed by atoms with Crippen LogP contribution >= 0.6 is 0 Å². The van der Waals surface area contributed by atoms with E-state index in [1.807, 2.05) is 14.0 Å². The van der Waals surface area contributed by atoms with Gasteiger partial charge in [-0.3, -0.25) is 0 Å². The lowest BCUT2D eigenvalue weighted by molar-refractivity contribution is 0.138. The van der Waals surface area contributed by atoms with Crippen LogP contribution in [0.3, 0.4) is 0 Å². The Balaban J connectivity index is 3.86. The Morgan fingerprint density at radius 2 is 2.07 bits per heavy atom. The minimum Gasteiger partial charge on any atom is -0.380 e. The number of hydrogen-bond donors (Lipinski definition) is 1. The first kappa shape index (κ1) is 14.8. The Hall–Kier alpha value is -0.170. The predicted octanol–water partition coefficient (Wildman–Crippen LogP) is -0.106. The van der Waals surface area contributed by atoms with Gasteiger partial charge < -0.3 is 10.1 Å².